The summed E-state index contributed by atoms with van der Waals surface area (Å²) in [6, 6.07) is 7.65. The van der Waals surface area contributed by atoms with E-state index in [9.17, 15) is 22.8 Å². The predicted octanol–water partition coefficient (Wildman–Crippen LogP) is 6.56. The van der Waals surface area contributed by atoms with Gasteiger partial charge in [-0.1, -0.05) is 44.2 Å². The molecule has 0 aliphatic carbocycles. The van der Waals surface area contributed by atoms with Crippen molar-refractivity contribution in [1.82, 2.24) is 24.4 Å². The lowest BCUT2D eigenvalue weighted by atomic mass is 10.0. The number of hydrogen-bond donors (Lipinski definition) is 0. The Morgan fingerprint density at radius 2 is 1.84 bits per heavy atom. The summed E-state index contributed by atoms with van der Waals surface area (Å²) in [5.74, 6) is 0.0583. The van der Waals surface area contributed by atoms with Gasteiger partial charge in [0.15, 0.2) is 5.65 Å². The van der Waals surface area contributed by atoms with Crippen LogP contribution in [0.4, 0.5) is 19.0 Å². The van der Waals surface area contributed by atoms with Gasteiger partial charge in [-0.3, -0.25) is 9.78 Å². The predicted molar refractivity (Wildman–Crippen MR) is 165 cm³/mol. The first-order chi connectivity index (χ1) is 20.7. The van der Waals surface area contributed by atoms with E-state index in [2.05, 4.69) is 16.5 Å². The van der Waals surface area contributed by atoms with Crippen LogP contribution < -0.4 is 10.6 Å². The quantitative estimate of drug-likeness (QED) is 0.234. The Hall–Kier alpha value is -4.25. The molecule has 1 aliphatic heterocycles. The number of benzene rings is 1. The first-order valence-corrected chi connectivity index (χ1v) is 14.6. The van der Waals surface area contributed by atoms with E-state index in [1.54, 1.807) is 23.2 Å². The second-order valence-corrected chi connectivity index (χ2v) is 11.8. The summed E-state index contributed by atoms with van der Waals surface area (Å²) in [5.41, 5.74) is 0.834. The zero-order valence-corrected chi connectivity index (χ0v) is 25.7. The van der Waals surface area contributed by atoms with E-state index >= 15 is 0 Å². The largest absolute Gasteiger partial charge is 0.416 e. The molecule has 2 atom stereocenters. The summed E-state index contributed by atoms with van der Waals surface area (Å²) in [6.45, 7) is 13.9. The van der Waals surface area contributed by atoms with Gasteiger partial charge in [0.1, 0.15) is 5.82 Å². The topological polar surface area (TPSA) is 84.2 Å². The highest BCUT2D eigenvalue weighted by Gasteiger charge is 2.34. The van der Waals surface area contributed by atoms with E-state index in [4.69, 9.17) is 16.6 Å². The van der Waals surface area contributed by atoms with Gasteiger partial charge < -0.3 is 9.80 Å². The Bertz CT molecular complexity index is 1840. The smallest absolute Gasteiger partial charge is 0.349 e. The molecule has 1 amide bonds. The molecule has 0 spiro atoms. The van der Waals surface area contributed by atoms with Crippen LogP contribution in [0.5, 0.6) is 0 Å². The first-order valence-electron chi connectivity index (χ1n) is 14.2. The third-order valence-electron chi connectivity index (χ3n) is 7.91. The van der Waals surface area contributed by atoms with E-state index in [0.717, 1.165) is 17.7 Å². The number of aryl methyl sites for hydroxylation is 1. The van der Waals surface area contributed by atoms with Gasteiger partial charge >= 0.3 is 11.9 Å². The van der Waals surface area contributed by atoms with E-state index in [1.807, 2.05) is 39.5 Å². The maximum atomic E-state index is 14.0. The number of alkyl halides is 3. The number of rotatable bonds is 5. The Labute approximate surface area is 257 Å². The van der Waals surface area contributed by atoms with Gasteiger partial charge in [-0.05, 0) is 62.6 Å². The molecule has 4 heterocycles. The van der Waals surface area contributed by atoms with Crippen molar-refractivity contribution in [2.45, 2.75) is 58.8 Å². The summed E-state index contributed by atoms with van der Waals surface area (Å²) in [7, 11) is 0. The lowest BCUT2D eigenvalue weighted by molar-refractivity contribution is -0.137. The molecule has 3 aromatic heterocycles. The van der Waals surface area contributed by atoms with Gasteiger partial charge in [0.2, 0.25) is 5.91 Å². The average Bonchev–Trinajstić information content (AvgIpc) is 2.97. The second kappa shape index (κ2) is 11.7. The van der Waals surface area contributed by atoms with E-state index in [-0.39, 0.29) is 45.8 Å². The van der Waals surface area contributed by atoms with Gasteiger partial charge in [0.25, 0.3) is 0 Å². The molecule has 1 aromatic carbocycles. The summed E-state index contributed by atoms with van der Waals surface area (Å²) in [6.07, 6.45) is -1.64. The lowest BCUT2D eigenvalue weighted by Crippen LogP contribution is -2.58. The minimum Gasteiger partial charge on any atom is -0.349 e. The van der Waals surface area contributed by atoms with E-state index in [0.29, 0.717) is 35.7 Å². The summed E-state index contributed by atoms with van der Waals surface area (Å²) < 4.78 is 42.2. The van der Waals surface area contributed by atoms with Crippen molar-refractivity contribution < 1.29 is 18.0 Å². The number of hydrogen-bond acceptors (Lipinski definition) is 6. The molecule has 12 heteroatoms. The van der Waals surface area contributed by atoms with Gasteiger partial charge in [0, 0.05) is 36.9 Å². The van der Waals surface area contributed by atoms with Crippen LogP contribution in [-0.4, -0.2) is 55.5 Å². The molecule has 230 valence electrons. The fraction of sp³-hybridized carbons (Fsp3) is 0.344. The molecule has 4 aromatic rings. The zero-order valence-electron chi connectivity index (χ0n) is 25.0. The normalized spacial score (nSPS) is 17.4. The molecule has 0 bridgehead atoms. The molecule has 1 saturated heterocycles. The monoisotopic (exact) mass is 624 g/mol. The van der Waals surface area contributed by atoms with Crippen LogP contribution in [0.1, 0.15) is 50.4 Å². The van der Waals surface area contributed by atoms with Gasteiger partial charge in [-0.15, -0.1) is 0 Å². The van der Waals surface area contributed by atoms with Crippen molar-refractivity contribution in [2.24, 2.45) is 0 Å². The number of nitrogens with zero attached hydrogens (tertiary/aromatic N) is 6. The van der Waals surface area contributed by atoms with Crippen molar-refractivity contribution >= 4 is 34.4 Å². The van der Waals surface area contributed by atoms with Crippen LogP contribution in [0.25, 0.3) is 28.0 Å². The van der Waals surface area contributed by atoms with Crippen LogP contribution in [0.3, 0.4) is 0 Å². The third kappa shape index (κ3) is 5.56. The molecule has 0 saturated carbocycles. The number of piperazine rings is 1. The number of halogens is 4. The van der Waals surface area contributed by atoms with Crippen molar-refractivity contribution in [3.8, 4) is 16.9 Å². The highest BCUT2D eigenvalue weighted by molar-refractivity contribution is 6.33. The van der Waals surface area contributed by atoms with Crippen LogP contribution in [-0.2, 0) is 11.0 Å². The number of carbonyl (C=O) groups excluding carboxylic acids is 1. The number of anilines is 1. The summed E-state index contributed by atoms with van der Waals surface area (Å²) in [4.78, 5) is 44.0. The fourth-order valence-electron chi connectivity index (χ4n) is 5.70. The summed E-state index contributed by atoms with van der Waals surface area (Å²) in [5, 5.41) is 0.532. The summed E-state index contributed by atoms with van der Waals surface area (Å²) >= 11 is 6.76. The minimum absolute atomic E-state index is 0.0712. The van der Waals surface area contributed by atoms with Crippen LogP contribution in [0, 0.1) is 6.92 Å². The van der Waals surface area contributed by atoms with Gasteiger partial charge in [-0.25, -0.2) is 14.3 Å². The number of amides is 1. The molecule has 0 radical (unpaired) electrons. The van der Waals surface area contributed by atoms with Crippen LogP contribution in [0.2, 0.25) is 5.02 Å². The molecule has 8 nitrogen and oxygen atoms in total. The van der Waals surface area contributed by atoms with Crippen molar-refractivity contribution in [3.63, 3.8) is 0 Å². The van der Waals surface area contributed by atoms with Crippen molar-refractivity contribution in [2.75, 3.05) is 18.0 Å². The SMILES string of the molecule is C=CC(=O)N1CC(C)N(c2nc(=O)n(-c3c(C)ccnc3C(C)C)c3nc(-c4cccc(C(F)(F)F)c4)c(Cl)cc23)CC1C. The molecular formula is C32H32ClF3N6O2. The number of carbonyl (C=O) groups is 1. The Kier molecular flexibility index (Phi) is 8.28. The molecule has 2 unspecified atom stereocenters. The maximum Gasteiger partial charge on any atom is 0.416 e. The molecule has 44 heavy (non-hydrogen) atoms. The van der Waals surface area contributed by atoms with Crippen LogP contribution >= 0.6 is 11.6 Å². The average molecular weight is 625 g/mol. The highest BCUT2D eigenvalue weighted by atomic mass is 35.5. The van der Waals surface area contributed by atoms with Crippen molar-refractivity contribution in [1.29, 1.82) is 0 Å². The minimum atomic E-state index is -4.57. The van der Waals surface area contributed by atoms with Gasteiger partial charge in [0.05, 0.1) is 33.0 Å². The fourth-order valence-corrected chi connectivity index (χ4v) is 5.96. The Morgan fingerprint density at radius 1 is 1.11 bits per heavy atom. The maximum absolute atomic E-state index is 14.0. The molecule has 0 N–H and O–H groups in total. The second-order valence-electron chi connectivity index (χ2n) is 11.4. The standard InChI is InChI=1S/C32H32ClF3N6O2/c1-7-25(43)40-15-20(6)41(16-19(40)5)29-23-14-24(33)27(21-9-8-10-22(13-21)32(34,35)36)38-30(23)42(31(44)39-29)28-18(4)11-12-37-26(28)17(2)3/h7-14,17,19-20H,1,15-16H2,2-6H3. The highest BCUT2D eigenvalue weighted by Crippen LogP contribution is 2.38. The molecule has 1 fully saturated rings. The third-order valence-corrected chi connectivity index (χ3v) is 8.19. The van der Waals surface area contributed by atoms with Crippen LogP contribution in [0.15, 0.2) is 60.0 Å². The molecule has 1 aliphatic rings. The Balaban J connectivity index is 1.82. The van der Waals surface area contributed by atoms with Crippen molar-refractivity contribution in [3.05, 3.63) is 87.6 Å². The van der Waals surface area contributed by atoms with Gasteiger partial charge in [-0.2, -0.15) is 18.2 Å². The zero-order chi connectivity index (χ0) is 32.1. The Morgan fingerprint density at radius 3 is 2.50 bits per heavy atom. The molecule has 5 rings (SSSR count). The lowest BCUT2D eigenvalue weighted by Gasteiger charge is -2.44. The number of pyridine rings is 2. The first kappa shape index (κ1) is 31.2. The number of fused-ring (bicyclic) bond motifs is 1. The number of aromatic nitrogens is 4. The van der Waals surface area contributed by atoms with E-state index in [1.165, 1.54) is 22.8 Å². The molecular weight excluding hydrogens is 593 g/mol. The van der Waals surface area contributed by atoms with E-state index < -0.39 is 17.4 Å².